The topological polar surface area (TPSA) is 96.3 Å². The third-order valence-corrected chi connectivity index (χ3v) is 2.37. The first-order chi connectivity index (χ1) is 9.71. The summed E-state index contributed by atoms with van der Waals surface area (Å²) < 4.78 is 14.0. The Labute approximate surface area is 121 Å². The highest BCUT2D eigenvalue weighted by molar-refractivity contribution is 5.94. The summed E-state index contributed by atoms with van der Waals surface area (Å²) in [6.07, 6.45) is 1.94. The molecule has 1 rings (SSSR count). The van der Waals surface area contributed by atoms with Gasteiger partial charge in [-0.3, -0.25) is 9.48 Å². The van der Waals surface area contributed by atoms with Crippen molar-refractivity contribution in [2.24, 2.45) is 0 Å². The lowest BCUT2D eigenvalue weighted by molar-refractivity contribution is 0.0919. The molecule has 0 aromatic carbocycles. The van der Waals surface area contributed by atoms with Gasteiger partial charge < -0.3 is 15.7 Å². The molecule has 0 unspecified atom stereocenters. The molecule has 0 saturated carbocycles. The van der Waals surface area contributed by atoms with Gasteiger partial charge in [0.05, 0.1) is 24.6 Å². The van der Waals surface area contributed by atoms with E-state index in [1.165, 1.54) is 17.1 Å². The molecular formula is C13H19FN4O3. The zero-order valence-electron chi connectivity index (χ0n) is 12.2. The molecule has 0 bridgehead atoms. The molecule has 0 saturated heterocycles. The van der Waals surface area contributed by atoms with E-state index in [1.807, 2.05) is 20.8 Å². The Balaban J connectivity index is 2.66. The first-order valence-corrected chi connectivity index (χ1v) is 6.31. The second-order valence-electron chi connectivity index (χ2n) is 5.56. The highest BCUT2D eigenvalue weighted by Crippen LogP contribution is 2.06. The van der Waals surface area contributed by atoms with Gasteiger partial charge in [-0.1, -0.05) is 0 Å². The van der Waals surface area contributed by atoms with Crippen LogP contribution in [0, 0.1) is 0 Å². The van der Waals surface area contributed by atoms with E-state index in [0.717, 1.165) is 0 Å². The van der Waals surface area contributed by atoms with Crippen molar-refractivity contribution in [1.82, 2.24) is 20.4 Å². The van der Waals surface area contributed by atoms with Crippen LogP contribution in [0.3, 0.4) is 0 Å². The van der Waals surface area contributed by atoms with Gasteiger partial charge in [0, 0.05) is 18.3 Å². The SMILES string of the molecule is CC(C)(C)NC(=O)c1cnn(CC(=CF)CNC(=O)O)c1. The zero-order valence-corrected chi connectivity index (χ0v) is 12.2. The number of rotatable bonds is 5. The molecule has 0 radical (unpaired) electrons. The van der Waals surface area contributed by atoms with Gasteiger partial charge in [0.2, 0.25) is 0 Å². The standard InChI is InChI=1S/C13H19FN4O3/c1-13(2,3)17-11(19)10-6-16-18(8-10)7-9(4-14)5-15-12(20)21/h4,6,8,15H,5,7H2,1-3H3,(H,17,19)(H,20,21). The van der Waals surface area contributed by atoms with Gasteiger partial charge in [-0.2, -0.15) is 5.10 Å². The Kier molecular flexibility index (Phi) is 5.45. The fourth-order valence-corrected chi connectivity index (χ4v) is 1.51. The lowest BCUT2D eigenvalue weighted by atomic mass is 10.1. The minimum absolute atomic E-state index is 0.0551. The quantitative estimate of drug-likeness (QED) is 0.768. The van der Waals surface area contributed by atoms with E-state index >= 15 is 0 Å². The van der Waals surface area contributed by atoms with E-state index in [-0.39, 0.29) is 30.1 Å². The smallest absolute Gasteiger partial charge is 0.404 e. The fourth-order valence-electron chi connectivity index (χ4n) is 1.51. The lowest BCUT2D eigenvalue weighted by Crippen LogP contribution is -2.40. The van der Waals surface area contributed by atoms with E-state index < -0.39 is 6.09 Å². The van der Waals surface area contributed by atoms with Crippen molar-refractivity contribution in [3.05, 3.63) is 29.9 Å². The van der Waals surface area contributed by atoms with E-state index in [0.29, 0.717) is 11.9 Å². The molecule has 3 N–H and O–H groups in total. The predicted molar refractivity (Wildman–Crippen MR) is 74.7 cm³/mol. The molecule has 0 aliphatic rings. The maximum atomic E-state index is 12.7. The largest absolute Gasteiger partial charge is 0.465 e. The molecule has 1 aromatic heterocycles. The number of nitrogens with one attached hydrogen (secondary N) is 2. The van der Waals surface area contributed by atoms with Gasteiger partial charge in [0.15, 0.2) is 0 Å². The van der Waals surface area contributed by atoms with Crippen LogP contribution in [0.5, 0.6) is 0 Å². The molecule has 0 atom stereocenters. The van der Waals surface area contributed by atoms with E-state index in [2.05, 4.69) is 15.7 Å². The van der Waals surface area contributed by atoms with Gasteiger partial charge in [0.1, 0.15) is 0 Å². The van der Waals surface area contributed by atoms with Gasteiger partial charge >= 0.3 is 6.09 Å². The number of aromatic nitrogens is 2. The second-order valence-corrected chi connectivity index (χ2v) is 5.56. The average molecular weight is 298 g/mol. The molecule has 8 heteroatoms. The van der Waals surface area contributed by atoms with Gasteiger partial charge in [-0.25, -0.2) is 9.18 Å². The van der Waals surface area contributed by atoms with Crippen molar-refractivity contribution in [2.75, 3.05) is 6.54 Å². The van der Waals surface area contributed by atoms with Gasteiger partial charge in [-0.15, -0.1) is 0 Å². The summed E-state index contributed by atoms with van der Waals surface area (Å²) in [5.74, 6) is -0.275. The molecule has 2 amide bonds. The number of carbonyl (C=O) groups is 2. The first kappa shape index (κ1) is 16.7. The molecule has 0 aliphatic heterocycles. The Bertz CT molecular complexity index is 546. The number of hydrogen-bond acceptors (Lipinski definition) is 3. The summed E-state index contributed by atoms with van der Waals surface area (Å²) >= 11 is 0. The summed E-state index contributed by atoms with van der Waals surface area (Å²) in [4.78, 5) is 22.3. The van der Waals surface area contributed by atoms with Crippen LogP contribution >= 0.6 is 0 Å². The molecule has 116 valence electrons. The molecule has 0 aliphatic carbocycles. The number of hydrogen-bond donors (Lipinski definition) is 3. The third kappa shape index (κ3) is 6.07. The van der Waals surface area contributed by atoms with Crippen molar-refractivity contribution < 1.29 is 19.1 Å². The van der Waals surface area contributed by atoms with Gasteiger partial charge in [-0.05, 0) is 26.3 Å². The first-order valence-electron chi connectivity index (χ1n) is 6.31. The van der Waals surface area contributed by atoms with Crippen molar-refractivity contribution in [3.8, 4) is 0 Å². The van der Waals surface area contributed by atoms with E-state index in [1.54, 1.807) is 0 Å². The minimum Gasteiger partial charge on any atom is -0.465 e. The number of carboxylic acid groups (broad SMARTS) is 1. The Morgan fingerprint density at radius 2 is 2.14 bits per heavy atom. The lowest BCUT2D eigenvalue weighted by Gasteiger charge is -2.19. The number of halogens is 1. The van der Waals surface area contributed by atoms with Crippen LogP contribution < -0.4 is 10.6 Å². The zero-order chi connectivity index (χ0) is 16.0. The van der Waals surface area contributed by atoms with Crippen LogP contribution in [0.15, 0.2) is 24.3 Å². The summed E-state index contributed by atoms with van der Waals surface area (Å²) in [5, 5.41) is 17.3. The molecule has 0 spiro atoms. The molecule has 1 heterocycles. The maximum absolute atomic E-state index is 12.7. The summed E-state index contributed by atoms with van der Waals surface area (Å²) in [5.41, 5.74) is 0.187. The number of amides is 2. The average Bonchev–Trinajstić information content (AvgIpc) is 2.80. The Morgan fingerprint density at radius 3 is 2.67 bits per heavy atom. The van der Waals surface area contributed by atoms with Crippen molar-refractivity contribution in [2.45, 2.75) is 32.9 Å². The van der Waals surface area contributed by atoms with E-state index in [4.69, 9.17) is 5.11 Å². The summed E-state index contributed by atoms with van der Waals surface area (Å²) in [6.45, 7) is 5.49. The summed E-state index contributed by atoms with van der Waals surface area (Å²) in [6, 6.07) is 0. The molecule has 7 nitrogen and oxygen atoms in total. The van der Waals surface area contributed by atoms with Gasteiger partial charge in [0.25, 0.3) is 5.91 Å². The maximum Gasteiger partial charge on any atom is 0.404 e. The predicted octanol–water partition coefficient (Wildman–Crippen LogP) is 1.53. The fraction of sp³-hybridized carbons (Fsp3) is 0.462. The third-order valence-electron chi connectivity index (χ3n) is 2.37. The van der Waals surface area contributed by atoms with Crippen LogP contribution in [0.2, 0.25) is 0 Å². The van der Waals surface area contributed by atoms with Crippen molar-refractivity contribution >= 4 is 12.0 Å². The molecular weight excluding hydrogens is 279 g/mol. The summed E-state index contributed by atoms with van der Waals surface area (Å²) in [7, 11) is 0. The van der Waals surface area contributed by atoms with Crippen molar-refractivity contribution in [1.29, 1.82) is 0 Å². The Hall–Kier alpha value is -2.38. The highest BCUT2D eigenvalue weighted by atomic mass is 19.1. The second kappa shape index (κ2) is 6.87. The normalized spacial score (nSPS) is 12.1. The van der Waals surface area contributed by atoms with Crippen LogP contribution in [0.25, 0.3) is 0 Å². The highest BCUT2D eigenvalue weighted by Gasteiger charge is 2.16. The van der Waals surface area contributed by atoms with Crippen LogP contribution in [-0.2, 0) is 6.54 Å². The monoisotopic (exact) mass is 298 g/mol. The molecule has 0 fully saturated rings. The molecule has 21 heavy (non-hydrogen) atoms. The number of carbonyl (C=O) groups excluding carboxylic acids is 1. The van der Waals surface area contributed by atoms with Crippen molar-refractivity contribution in [3.63, 3.8) is 0 Å². The molecule has 1 aromatic rings. The van der Waals surface area contributed by atoms with E-state index in [9.17, 15) is 14.0 Å². The minimum atomic E-state index is -1.24. The Morgan fingerprint density at radius 1 is 1.48 bits per heavy atom. The number of nitrogens with zero attached hydrogens (tertiary/aromatic N) is 2. The van der Waals surface area contributed by atoms with Crippen LogP contribution in [-0.4, -0.2) is 39.0 Å². The van der Waals surface area contributed by atoms with Crippen LogP contribution in [0.4, 0.5) is 9.18 Å². The van der Waals surface area contributed by atoms with Crippen LogP contribution in [0.1, 0.15) is 31.1 Å².